The second-order valence-corrected chi connectivity index (χ2v) is 12.1. The first-order chi connectivity index (χ1) is 16.7. The third-order valence-electron chi connectivity index (χ3n) is 4.55. The molecule has 14 heteroatoms. The smallest absolute Gasteiger partial charge is 0.303 e. The van der Waals surface area contributed by atoms with Crippen LogP contribution in [0.3, 0.4) is 0 Å². The number of nitrogens with one attached hydrogen (secondary N) is 1. The molecule has 1 aliphatic heterocycles. The molecule has 7 atom stereocenters. The highest BCUT2D eigenvalue weighted by Crippen LogP contribution is 2.34. The molecule has 0 saturated carbocycles. The molecule has 0 aromatic heterocycles. The monoisotopic (exact) mass is 571 g/mol. The standard InChI is InChI=1S/C20H33NO8S3.C2H4O2/c1-11(22)21-15(10-32(7)9-8-30-5)16-17(26-12(2)23)18(27-13(3)24)19(28-14(4)25)20(29-16)31-6;1-2(3)4/h15-20H,8-10H2,1-7H3;1H3,(H,3,4)/t15-,16+,17-,18-,19+,20+,32?;/m0./s1. The van der Waals surface area contributed by atoms with Gasteiger partial charge in [-0.05, 0) is 30.3 Å². The van der Waals surface area contributed by atoms with Gasteiger partial charge >= 0.3 is 17.9 Å². The van der Waals surface area contributed by atoms with E-state index in [-0.39, 0.29) is 16.8 Å². The molecule has 0 aliphatic carbocycles. The summed E-state index contributed by atoms with van der Waals surface area (Å²) in [5.74, 6) is -0.620. The summed E-state index contributed by atoms with van der Waals surface area (Å²) < 4.78 is 22.7. The van der Waals surface area contributed by atoms with Crippen molar-refractivity contribution in [2.45, 2.75) is 70.5 Å². The van der Waals surface area contributed by atoms with Crippen LogP contribution in [-0.4, -0.2) is 102 Å². The second-order valence-electron chi connectivity index (χ2n) is 7.87. The van der Waals surface area contributed by atoms with Crippen LogP contribution in [0.2, 0.25) is 0 Å². The van der Waals surface area contributed by atoms with E-state index in [0.717, 1.165) is 18.4 Å². The molecule has 0 aromatic carbocycles. The zero-order valence-corrected chi connectivity index (χ0v) is 24.3. The molecule has 1 heterocycles. The lowest BCUT2D eigenvalue weighted by Gasteiger charge is -2.46. The van der Waals surface area contributed by atoms with Gasteiger partial charge in [-0.15, -0.1) is 11.8 Å². The fourth-order valence-corrected chi connectivity index (χ4v) is 6.99. The van der Waals surface area contributed by atoms with E-state index in [4.69, 9.17) is 28.8 Å². The predicted molar refractivity (Wildman–Crippen MR) is 139 cm³/mol. The van der Waals surface area contributed by atoms with Gasteiger partial charge in [0.15, 0.2) is 18.3 Å². The number of aliphatic carboxylic acids is 1. The van der Waals surface area contributed by atoms with Crippen molar-refractivity contribution in [3.8, 4) is 0 Å². The van der Waals surface area contributed by atoms with E-state index in [2.05, 4.69) is 11.6 Å². The zero-order chi connectivity index (χ0) is 28.0. The van der Waals surface area contributed by atoms with Crippen LogP contribution in [-0.2, 0) is 53.8 Å². The molecule has 1 unspecified atom stereocenters. The van der Waals surface area contributed by atoms with Crippen molar-refractivity contribution in [1.29, 1.82) is 0 Å². The Morgan fingerprint density at radius 1 is 0.917 bits per heavy atom. The lowest BCUT2D eigenvalue weighted by molar-refractivity contribution is -0.302. The minimum Gasteiger partial charge on any atom is -0.550 e. The molecular weight excluding hydrogens is 534 g/mol. The molecule has 11 nitrogen and oxygen atoms in total. The lowest BCUT2D eigenvalue weighted by atomic mass is 9.94. The number of carboxylic acids is 1. The van der Waals surface area contributed by atoms with Gasteiger partial charge in [0.25, 0.3) is 0 Å². The molecule has 0 aromatic rings. The van der Waals surface area contributed by atoms with Crippen molar-refractivity contribution in [1.82, 2.24) is 5.32 Å². The summed E-state index contributed by atoms with van der Waals surface area (Å²) in [6.07, 6.45) is 1.96. The normalized spacial score (nSPS) is 24.7. The van der Waals surface area contributed by atoms with Crippen LogP contribution in [0.5, 0.6) is 0 Å². The van der Waals surface area contributed by atoms with Crippen molar-refractivity contribution in [3.63, 3.8) is 0 Å². The summed E-state index contributed by atoms with van der Waals surface area (Å²) >= 11 is 3.02. The molecule has 0 bridgehead atoms. The van der Waals surface area contributed by atoms with Crippen molar-refractivity contribution in [2.24, 2.45) is 0 Å². The number of carboxylic acid groups (broad SMARTS) is 1. The average molecular weight is 572 g/mol. The zero-order valence-electron chi connectivity index (χ0n) is 21.9. The van der Waals surface area contributed by atoms with Crippen molar-refractivity contribution >= 4 is 64.2 Å². The lowest BCUT2D eigenvalue weighted by Crippen LogP contribution is -2.66. The van der Waals surface area contributed by atoms with Crippen LogP contribution in [0, 0.1) is 0 Å². The van der Waals surface area contributed by atoms with Gasteiger partial charge in [0.05, 0.1) is 6.26 Å². The van der Waals surface area contributed by atoms with Gasteiger partial charge < -0.3 is 34.2 Å². The Bertz CT molecular complexity index is 750. The number of amides is 1. The fraction of sp³-hybridized carbons (Fsp3) is 0.773. The number of hydrogen-bond acceptors (Lipinski definition) is 12. The van der Waals surface area contributed by atoms with Crippen LogP contribution in [0.4, 0.5) is 0 Å². The van der Waals surface area contributed by atoms with Crippen LogP contribution in [0.1, 0.15) is 34.6 Å². The van der Waals surface area contributed by atoms with E-state index in [1.165, 1.54) is 39.5 Å². The molecular formula is C22H37NO10S3. The molecule has 1 N–H and O–H groups in total. The summed E-state index contributed by atoms with van der Waals surface area (Å²) in [5, 5.41) is 11.8. The minimum atomic E-state index is -1.09. The topological polar surface area (TPSA) is 157 Å². The highest BCUT2D eigenvalue weighted by atomic mass is 32.2. The van der Waals surface area contributed by atoms with Crippen molar-refractivity contribution in [3.05, 3.63) is 0 Å². The molecule has 1 rings (SSSR count). The molecule has 0 radical (unpaired) electrons. The maximum Gasteiger partial charge on any atom is 0.303 e. The number of rotatable bonds is 11. The van der Waals surface area contributed by atoms with Crippen LogP contribution < -0.4 is 10.4 Å². The Balaban J connectivity index is 0.00000283. The Labute approximate surface area is 223 Å². The number of carbonyl (C=O) groups is 5. The third-order valence-corrected chi connectivity index (χ3v) is 8.10. The Hall–Kier alpha value is -1.64. The van der Waals surface area contributed by atoms with Gasteiger partial charge in [-0.1, -0.05) is 0 Å². The van der Waals surface area contributed by atoms with Crippen molar-refractivity contribution in [2.75, 3.05) is 36.0 Å². The SMILES string of the molecule is CC(=O)[O-].CSCC[S+](C)C[C@H](NC(C)=O)[C@H]1O[C@H](SC)[C@H](OC(C)=O)[C@@H](OC(C)=O)[C@H]1OC(C)=O. The van der Waals surface area contributed by atoms with Crippen molar-refractivity contribution < 1.29 is 48.0 Å². The second kappa shape index (κ2) is 17.8. The first kappa shape index (κ1) is 34.4. The molecule has 1 fully saturated rings. The maximum absolute atomic E-state index is 12.0. The van der Waals surface area contributed by atoms with Crippen LogP contribution in [0.25, 0.3) is 0 Å². The number of hydrogen-bond donors (Lipinski definition) is 1. The molecule has 1 aliphatic rings. The minimum absolute atomic E-state index is 0.0547. The van der Waals surface area contributed by atoms with E-state index in [1.807, 2.05) is 6.26 Å². The summed E-state index contributed by atoms with van der Waals surface area (Å²) in [4.78, 5) is 56.5. The van der Waals surface area contributed by atoms with Crippen LogP contribution in [0.15, 0.2) is 0 Å². The van der Waals surface area contributed by atoms with Gasteiger partial charge in [0.1, 0.15) is 29.1 Å². The van der Waals surface area contributed by atoms with Gasteiger partial charge in [0, 0.05) is 39.4 Å². The number of esters is 3. The van der Waals surface area contributed by atoms with Gasteiger partial charge in [0.2, 0.25) is 5.91 Å². The first-order valence-electron chi connectivity index (χ1n) is 11.0. The summed E-state index contributed by atoms with van der Waals surface area (Å²) in [7, 11) is -0.0547. The number of thioether (sulfide) groups is 2. The molecule has 1 saturated heterocycles. The summed E-state index contributed by atoms with van der Waals surface area (Å²) in [6.45, 7) is 6.08. The van der Waals surface area contributed by atoms with Gasteiger partial charge in [-0.25, -0.2) is 0 Å². The molecule has 208 valence electrons. The number of ether oxygens (including phenoxy) is 4. The Morgan fingerprint density at radius 2 is 1.39 bits per heavy atom. The quantitative estimate of drug-likeness (QED) is 0.197. The Kier molecular flexibility index (Phi) is 16.9. The predicted octanol–water partition coefficient (Wildman–Crippen LogP) is -0.259. The van der Waals surface area contributed by atoms with E-state index in [1.54, 1.807) is 18.0 Å². The van der Waals surface area contributed by atoms with Gasteiger partial charge in [-0.3, -0.25) is 19.2 Å². The molecule has 0 spiro atoms. The van der Waals surface area contributed by atoms with E-state index >= 15 is 0 Å². The molecule has 1 amide bonds. The first-order valence-corrected chi connectivity index (χ1v) is 15.6. The Morgan fingerprint density at radius 3 is 1.81 bits per heavy atom. The van der Waals surface area contributed by atoms with E-state index in [9.17, 15) is 19.2 Å². The maximum atomic E-state index is 12.0. The highest BCUT2D eigenvalue weighted by Gasteiger charge is 2.54. The van der Waals surface area contributed by atoms with E-state index in [0.29, 0.717) is 5.75 Å². The summed E-state index contributed by atoms with van der Waals surface area (Å²) in [6, 6.07) is -0.502. The van der Waals surface area contributed by atoms with Crippen LogP contribution >= 0.6 is 23.5 Å². The fourth-order valence-electron chi connectivity index (χ4n) is 3.41. The largest absolute Gasteiger partial charge is 0.550 e. The average Bonchev–Trinajstić information content (AvgIpc) is 2.72. The van der Waals surface area contributed by atoms with Gasteiger partial charge in [-0.2, -0.15) is 11.8 Å². The van der Waals surface area contributed by atoms with E-state index < -0.39 is 59.8 Å². The molecule has 36 heavy (non-hydrogen) atoms. The summed E-state index contributed by atoms with van der Waals surface area (Å²) in [5.41, 5.74) is -0.693. The number of carbonyl (C=O) groups excluding carboxylic acids is 5. The highest BCUT2D eigenvalue weighted by molar-refractivity contribution is 8.01. The third kappa shape index (κ3) is 13.6.